The molecule has 0 atom stereocenters. The van der Waals surface area contributed by atoms with Gasteiger partial charge >= 0.3 is 0 Å². The molecular weight excluding hydrogens is 176 g/mol. The first-order chi connectivity index (χ1) is 6.70. The fraction of sp³-hybridized carbons (Fsp3) is 0.250. The maximum atomic E-state index is 10.7. The molecule has 0 amide bonds. The van der Waals surface area contributed by atoms with Crippen molar-refractivity contribution in [3.8, 4) is 0 Å². The summed E-state index contributed by atoms with van der Waals surface area (Å²) in [5.74, 6) is 0.0465. The van der Waals surface area contributed by atoms with Gasteiger partial charge in [0, 0.05) is 0 Å². The van der Waals surface area contributed by atoms with Crippen molar-refractivity contribution in [1.82, 2.24) is 0 Å². The van der Waals surface area contributed by atoms with Crippen LogP contribution in [0.2, 0.25) is 0 Å². The van der Waals surface area contributed by atoms with Gasteiger partial charge in [-0.3, -0.25) is 4.79 Å². The summed E-state index contributed by atoms with van der Waals surface area (Å²) in [6.45, 7) is 3.45. The number of methoxy groups -OCH3 is 1. The van der Waals surface area contributed by atoms with Crippen molar-refractivity contribution in [2.24, 2.45) is 0 Å². The first-order valence-electron chi connectivity index (χ1n) is 4.41. The van der Waals surface area contributed by atoms with Crippen LogP contribution in [0.1, 0.15) is 13.8 Å². The average molecular weight is 192 g/mol. The minimum atomic E-state index is 0.0465. The van der Waals surface area contributed by atoms with Crippen LogP contribution in [-0.2, 0) is 9.53 Å². The Balaban J connectivity index is 4.25. The van der Waals surface area contributed by atoms with E-state index >= 15 is 0 Å². The zero-order chi connectivity index (χ0) is 10.8. The Bertz CT molecular complexity index is 281. The van der Waals surface area contributed by atoms with Crippen molar-refractivity contribution >= 4 is 5.78 Å². The maximum Gasteiger partial charge on any atom is 0.152 e. The molecule has 0 fully saturated rings. The first kappa shape index (κ1) is 12.4. The molecule has 2 heteroatoms. The van der Waals surface area contributed by atoms with Crippen LogP contribution in [0.4, 0.5) is 0 Å². The van der Waals surface area contributed by atoms with Gasteiger partial charge in [0.25, 0.3) is 0 Å². The smallest absolute Gasteiger partial charge is 0.152 e. The van der Waals surface area contributed by atoms with Gasteiger partial charge in [-0.25, -0.2) is 0 Å². The third-order valence-corrected chi connectivity index (χ3v) is 1.46. The Hall–Kier alpha value is -1.57. The molecule has 0 aliphatic rings. The minimum Gasteiger partial charge on any atom is -0.504 e. The van der Waals surface area contributed by atoms with Crippen LogP contribution >= 0.6 is 0 Å². The summed E-state index contributed by atoms with van der Waals surface area (Å²) in [4.78, 5) is 10.7. The van der Waals surface area contributed by atoms with Gasteiger partial charge in [0.1, 0.15) is 0 Å². The van der Waals surface area contributed by atoms with Gasteiger partial charge in [0.15, 0.2) is 5.78 Å². The number of hydrogen-bond donors (Lipinski definition) is 0. The summed E-state index contributed by atoms with van der Waals surface area (Å²) in [6, 6.07) is 0. The van der Waals surface area contributed by atoms with E-state index in [9.17, 15) is 4.79 Å². The molecule has 0 aliphatic heterocycles. The van der Waals surface area contributed by atoms with Crippen LogP contribution < -0.4 is 0 Å². The summed E-state index contributed by atoms with van der Waals surface area (Å²) in [6.07, 6.45) is 12.4. The number of carbonyl (C=O) groups excluding carboxylic acids is 1. The molecule has 0 saturated carbocycles. The van der Waals surface area contributed by atoms with Crippen molar-refractivity contribution in [3.63, 3.8) is 0 Å². The van der Waals surface area contributed by atoms with Crippen molar-refractivity contribution in [2.75, 3.05) is 7.11 Å². The summed E-state index contributed by atoms with van der Waals surface area (Å²) in [7, 11) is 1.59. The Morgan fingerprint density at radius 1 is 1.14 bits per heavy atom. The van der Waals surface area contributed by atoms with E-state index < -0.39 is 0 Å². The third-order valence-electron chi connectivity index (χ3n) is 1.46. The van der Waals surface area contributed by atoms with Crippen LogP contribution in [0.3, 0.4) is 0 Å². The van der Waals surface area contributed by atoms with E-state index in [4.69, 9.17) is 4.74 Å². The lowest BCUT2D eigenvalue weighted by atomic mass is 10.2. The highest BCUT2D eigenvalue weighted by molar-refractivity contribution is 5.87. The molecule has 0 radical (unpaired) electrons. The van der Waals surface area contributed by atoms with Gasteiger partial charge in [-0.1, -0.05) is 24.3 Å². The fourth-order valence-electron chi connectivity index (χ4n) is 0.752. The zero-order valence-corrected chi connectivity index (χ0v) is 8.86. The van der Waals surface area contributed by atoms with Gasteiger partial charge in [-0.05, 0) is 31.6 Å². The predicted octanol–water partition coefficient (Wildman–Crippen LogP) is 2.79. The van der Waals surface area contributed by atoms with Crippen LogP contribution in [-0.4, -0.2) is 12.9 Å². The van der Waals surface area contributed by atoms with Gasteiger partial charge in [0.2, 0.25) is 0 Å². The molecule has 0 unspecified atom stereocenters. The van der Waals surface area contributed by atoms with E-state index in [2.05, 4.69) is 0 Å². The molecule has 0 heterocycles. The Labute approximate surface area is 85.3 Å². The highest BCUT2D eigenvalue weighted by Gasteiger charge is 1.84. The van der Waals surface area contributed by atoms with Crippen molar-refractivity contribution in [3.05, 3.63) is 48.3 Å². The van der Waals surface area contributed by atoms with Crippen molar-refractivity contribution < 1.29 is 9.53 Å². The fourth-order valence-corrected chi connectivity index (χ4v) is 0.752. The number of ether oxygens (including phenoxy) is 1. The van der Waals surface area contributed by atoms with Crippen molar-refractivity contribution in [2.45, 2.75) is 13.8 Å². The largest absolute Gasteiger partial charge is 0.504 e. The Morgan fingerprint density at radius 2 is 1.86 bits per heavy atom. The number of rotatable bonds is 5. The monoisotopic (exact) mass is 192 g/mol. The van der Waals surface area contributed by atoms with E-state index in [0.29, 0.717) is 0 Å². The molecular formula is C12H16O2. The topological polar surface area (TPSA) is 26.3 Å². The van der Waals surface area contributed by atoms with Crippen LogP contribution in [0, 0.1) is 0 Å². The maximum absolute atomic E-state index is 10.7. The number of allylic oxidation sites excluding steroid dienone is 7. The normalized spacial score (nSPS) is 13.2. The van der Waals surface area contributed by atoms with Crippen LogP contribution in [0.25, 0.3) is 0 Å². The molecule has 0 saturated heterocycles. The SMILES string of the molecule is CC=C(C=CC=COC)C=CC(C)=O. The highest BCUT2D eigenvalue weighted by Crippen LogP contribution is 1.99. The summed E-state index contributed by atoms with van der Waals surface area (Å²) < 4.78 is 4.73. The molecule has 0 aromatic carbocycles. The molecule has 0 aromatic heterocycles. The summed E-state index contributed by atoms with van der Waals surface area (Å²) in [5, 5.41) is 0. The molecule has 2 nitrogen and oxygen atoms in total. The van der Waals surface area contributed by atoms with E-state index in [1.807, 2.05) is 25.2 Å². The van der Waals surface area contributed by atoms with Crippen molar-refractivity contribution in [1.29, 1.82) is 0 Å². The second-order valence-electron chi connectivity index (χ2n) is 2.66. The van der Waals surface area contributed by atoms with Crippen LogP contribution in [0.5, 0.6) is 0 Å². The van der Waals surface area contributed by atoms with Gasteiger partial charge in [0.05, 0.1) is 13.4 Å². The van der Waals surface area contributed by atoms with Gasteiger partial charge in [-0.15, -0.1) is 0 Å². The average Bonchev–Trinajstić information content (AvgIpc) is 2.16. The summed E-state index contributed by atoms with van der Waals surface area (Å²) >= 11 is 0. The van der Waals surface area contributed by atoms with E-state index in [0.717, 1.165) is 5.57 Å². The highest BCUT2D eigenvalue weighted by atomic mass is 16.5. The van der Waals surface area contributed by atoms with E-state index in [1.54, 1.807) is 31.6 Å². The Morgan fingerprint density at radius 3 is 2.36 bits per heavy atom. The van der Waals surface area contributed by atoms with E-state index in [1.165, 1.54) is 6.92 Å². The quantitative estimate of drug-likeness (QED) is 0.380. The summed E-state index contributed by atoms with van der Waals surface area (Å²) in [5.41, 5.74) is 0.987. The number of carbonyl (C=O) groups is 1. The molecule has 0 N–H and O–H groups in total. The minimum absolute atomic E-state index is 0.0465. The number of ketones is 1. The first-order valence-corrected chi connectivity index (χ1v) is 4.41. The third kappa shape index (κ3) is 7.10. The molecule has 14 heavy (non-hydrogen) atoms. The van der Waals surface area contributed by atoms with Crippen LogP contribution in [0.15, 0.2) is 48.3 Å². The zero-order valence-electron chi connectivity index (χ0n) is 8.86. The Kier molecular flexibility index (Phi) is 7.15. The second kappa shape index (κ2) is 8.05. The molecule has 0 aromatic rings. The molecule has 0 spiro atoms. The lowest BCUT2D eigenvalue weighted by molar-refractivity contribution is -0.112. The predicted molar refractivity (Wildman–Crippen MR) is 58.9 cm³/mol. The molecule has 0 bridgehead atoms. The molecule has 76 valence electrons. The molecule has 0 rings (SSSR count). The second-order valence-corrected chi connectivity index (χ2v) is 2.66. The van der Waals surface area contributed by atoms with Gasteiger partial charge < -0.3 is 4.74 Å². The lowest BCUT2D eigenvalue weighted by Crippen LogP contribution is -1.80. The number of hydrogen-bond acceptors (Lipinski definition) is 2. The van der Waals surface area contributed by atoms with E-state index in [-0.39, 0.29) is 5.78 Å². The standard InChI is InChI=1S/C12H16O2/c1-4-12(9-8-11(2)13)7-5-6-10-14-3/h4-10H,1-3H3. The van der Waals surface area contributed by atoms with Gasteiger partial charge in [-0.2, -0.15) is 0 Å². The lowest BCUT2D eigenvalue weighted by Gasteiger charge is -1.89. The molecule has 0 aliphatic carbocycles.